The molecule has 2 aromatic carbocycles. The summed E-state index contributed by atoms with van der Waals surface area (Å²) < 4.78 is 26.2. The van der Waals surface area contributed by atoms with Crippen LogP contribution in [0, 0.1) is 18.7 Å². The summed E-state index contributed by atoms with van der Waals surface area (Å²) in [6.45, 7) is 5.37. The summed E-state index contributed by atoms with van der Waals surface area (Å²) in [5, 5.41) is 2.84. The Morgan fingerprint density at radius 3 is 2.69 bits per heavy atom. The van der Waals surface area contributed by atoms with Gasteiger partial charge in [-0.1, -0.05) is 12.1 Å². The van der Waals surface area contributed by atoms with Crippen LogP contribution in [-0.2, 0) is 4.74 Å². The minimum atomic E-state index is -0.349. The van der Waals surface area contributed by atoms with Crippen LogP contribution in [0.4, 0.5) is 27.3 Å². The van der Waals surface area contributed by atoms with Gasteiger partial charge in [-0.15, -0.1) is 0 Å². The van der Waals surface area contributed by atoms with Crippen molar-refractivity contribution in [3.63, 3.8) is 0 Å². The van der Waals surface area contributed by atoms with Gasteiger partial charge in [0.1, 0.15) is 18.2 Å². The molecular weight excluding hydrogens is 459 g/mol. The van der Waals surface area contributed by atoms with Crippen molar-refractivity contribution in [2.45, 2.75) is 19.8 Å². The van der Waals surface area contributed by atoms with E-state index in [2.05, 4.69) is 15.2 Å². The number of amides is 1. The minimum absolute atomic E-state index is 0.346. The van der Waals surface area contributed by atoms with Crippen LogP contribution in [0.2, 0.25) is 0 Å². The van der Waals surface area contributed by atoms with E-state index in [0.717, 1.165) is 49.6 Å². The summed E-state index contributed by atoms with van der Waals surface area (Å²) in [6, 6.07) is 14.3. The molecule has 3 heterocycles. The van der Waals surface area contributed by atoms with Crippen LogP contribution in [0.5, 0.6) is 5.75 Å². The van der Waals surface area contributed by atoms with Crippen molar-refractivity contribution in [1.82, 2.24) is 4.98 Å². The zero-order chi connectivity index (χ0) is 25.1. The molecule has 0 atom stereocenters. The smallest absolute Gasteiger partial charge is 0.259 e. The summed E-state index contributed by atoms with van der Waals surface area (Å²) in [4.78, 5) is 21.8. The van der Waals surface area contributed by atoms with E-state index in [1.165, 1.54) is 6.07 Å². The van der Waals surface area contributed by atoms with E-state index in [1.54, 1.807) is 25.3 Å². The Balaban J connectivity index is 1.31. The van der Waals surface area contributed by atoms with Crippen molar-refractivity contribution in [2.75, 3.05) is 55.1 Å². The Morgan fingerprint density at radius 2 is 1.97 bits per heavy atom. The number of carbonyl (C=O) groups is 1. The Hall–Kier alpha value is -3.65. The van der Waals surface area contributed by atoms with Gasteiger partial charge in [0.2, 0.25) is 0 Å². The summed E-state index contributed by atoms with van der Waals surface area (Å²) in [5.41, 5.74) is 3.22. The van der Waals surface area contributed by atoms with Crippen molar-refractivity contribution in [2.24, 2.45) is 5.92 Å². The van der Waals surface area contributed by atoms with Crippen molar-refractivity contribution in [3.8, 4) is 5.75 Å². The molecule has 5 rings (SSSR count). The number of ether oxygens (including phenoxy) is 2. The molecule has 8 heteroatoms. The highest BCUT2D eigenvalue weighted by Crippen LogP contribution is 2.39. The molecule has 0 spiro atoms. The number of anilines is 4. The van der Waals surface area contributed by atoms with Crippen LogP contribution in [0.1, 0.15) is 28.8 Å². The highest BCUT2D eigenvalue weighted by molar-refractivity contribution is 6.07. The van der Waals surface area contributed by atoms with Gasteiger partial charge in [-0.25, -0.2) is 9.37 Å². The van der Waals surface area contributed by atoms with Gasteiger partial charge in [-0.2, -0.15) is 0 Å². The number of halogens is 1. The second-order valence-electron chi connectivity index (χ2n) is 9.35. The molecule has 1 amide bonds. The van der Waals surface area contributed by atoms with Crippen molar-refractivity contribution in [3.05, 3.63) is 71.7 Å². The lowest BCUT2D eigenvalue weighted by atomic mass is 9.97. The lowest BCUT2D eigenvalue weighted by Gasteiger charge is -2.33. The zero-order valence-electron chi connectivity index (χ0n) is 20.7. The standard InChI is InChI=1S/C28H31FN4O3/c1-19-6-9-26(30-17-19)33-14-15-36-27-22(4-3-5-25(27)33)28(34)31-21-7-8-24(23(29)16-21)32-12-10-20(11-13-32)18-35-2/h3-9,16-17,20H,10-15,18H2,1-2H3,(H,31,34). The van der Waals surface area contributed by atoms with Crippen molar-refractivity contribution < 1.29 is 18.7 Å². The zero-order valence-corrected chi connectivity index (χ0v) is 20.7. The van der Waals surface area contributed by atoms with E-state index < -0.39 is 0 Å². The number of hydrogen-bond acceptors (Lipinski definition) is 6. The Kier molecular flexibility index (Phi) is 7.04. The fourth-order valence-corrected chi connectivity index (χ4v) is 4.90. The van der Waals surface area contributed by atoms with Crippen LogP contribution < -0.4 is 19.9 Å². The third-order valence-electron chi connectivity index (χ3n) is 6.83. The van der Waals surface area contributed by atoms with E-state index in [9.17, 15) is 4.79 Å². The topological polar surface area (TPSA) is 66.9 Å². The second kappa shape index (κ2) is 10.5. The molecule has 1 fully saturated rings. The molecule has 2 aliphatic heterocycles. The summed E-state index contributed by atoms with van der Waals surface area (Å²) in [6.07, 6.45) is 3.76. The molecule has 0 saturated carbocycles. The maximum atomic E-state index is 15.0. The molecule has 2 aliphatic rings. The third-order valence-corrected chi connectivity index (χ3v) is 6.83. The number of piperidine rings is 1. The average Bonchev–Trinajstić information content (AvgIpc) is 2.89. The molecule has 1 N–H and O–H groups in total. The molecular formula is C28H31FN4O3. The number of aryl methyl sites for hydroxylation is 1. The molecule has 0 bridgehead atoms. The summed E-state index contributed by atoms with van der Waals surface area (Å²) >= 11 is 0. The number of aromatic nitrogens is 1. The van der Waals surface area contributed by atoms with Gasteiger partial charge >= 0.3 is 0 Å². The predicted octanol–water partition coefficient (Wildman–Crippen LogP) is 5.17. The molecule has 3 aromatic rings. The summed E-state index contributed by atoms with van der Waals surface area (Å²) in [7, 11) is 1.72. The Morgan fingerprint density at radius 1 is 1.14 bits per heavy atom. The monoisotopic (exact) mass is 490 g/mol. The number of fused-ring (bicyclic) bond motifs is 1. The van der Waals surface area contributed by atoms with Crippen LogP contribution in [0.3, 0.4) is 0 Å². The van der Waals surface area contributed by atoms with Gasteiger partial charge in [-0.05, 0) is 67.6 Å². The van der Waals surface area contributed by atoms with Gasteiger partial charge in [0.25, 0.3) is 5.91 Å². The summed E-state index contributed by atoms with van der Waals surface area (Å²) in [5.74, 6) is 1.12. The molecule has 36 heavy (non-hydrogen) atoms. The first-order valence-electron chi connectivity index (χ1n) is 12.3. The van der Waals surface area contributed by atoms with Crippen LogP contribution in [0.25, 0.3) is 0 Å². The van der Waals surface area contributed by atoms with Crippen molar-refractivity contribution in [1.29, 1.82) is 0 Å². The first-order chi connectivity index (χ1) is 17.5. The number of rotatable bonds is 6. The molecule has 0 unspecified atom stereocenters. The fraction of sp³-hybridized carbons (Fsp3) is 0.357. The molecule has 7 nitrogen and oxygen atoms in total. The van der Waals surface area contributed by atoms with Gasteiger partial charge in [0.15, 0.2) is 5.75 Å². The van der Waals surface area contributed by atoms with Gasteiger partial charge in [0.05, 0.1) is 23.5 Å². The van der Waals surface area contributed by atoms with Crippen molar-refractivity contribution >= 4 is 28.8 Å². The lowest BCUT2D eigenvalue weighted by Crippen LogP contribution is -2.35. The predicted molar refractivity (Wildman–Crippen MR) is 139 cm³/mol. The molecule has 0 aliphatic carbocycles. The van der Waals surface area contributed by atoms with Crippen LogP contribution in [0.15, 0.2) is 54.7 Å². The maximum Gasteiger partial charge on any atom is 0.259 e. The molecule has 0 radical (unpaired) electrons. The average molecular weight is 491 g/mol. The normalized spacial score (nSPS) is 15.9. The van der Waals surface area contributed by atoms with Crippen LogP contribution >= 0.6 is 0 Å². The quantitative estimate of drug-likeness (QED) is 0.514. The number of benzene rings is 2. The number of hydrogen-bond donors (Lipinski definition) is 1. The Bertz CT molecular complexity index is 1230. The molecule has 1 saturated heterocycles. The minimum Gasteiger partial charge on any atom is -0.489 e. The third kappa shape index (κ3) is 4.99. The maximum absolute atomic E-state index is 15.0. The Labute approximate surface area is 210 Å². The largest absolute Gasteiger partial charge is 0.489 e. The second-order valence-corrected chi connectivity index (χ2v) is 9.35. The van der Waals surface area contributed by atoms with E-state index in [4.69, 9.17) is 9.47 Å². The van der Waals surface area contributed by atoms with E-state index in [0.29, 0.717) is 41.8 Å². The highest BCUT2D eigenvalue weighted by Gasteiger charge is 2.26. The highest BCUT2D eigenvalue weighted by atomic mass is 19.1. The van der Waals surface area contributed by atoms with E-state index in [-0.39, 0.29) is 11.7 Å². The number of nitrogens with one attached hydrogen (secondary N) is 1. The molecule has 1 aromatic heterocycles. The number of nitrogens with zero attached hydrogens (tertiary/aromatic N) is 3. The van der Waals surface area contributed by atoms with E-state index >= 15 is 4.39 Å². The number of para-hydroxylation sites is 1. The van der Waals surface area contributed by atoms with Gasteiger partial charge < -0.3 is 24.6 Å². The van der Waals surface area contributed by atoms with Crippen LogP contribution in [-0.4, -0.2) is 50.8 Å². The lowest BCUT2D eigenvalue weighted by molar-refractivity contribution is 0.102. The number of pyridine rings is 1. The van der Waals surface area contributed by atoms with E-state index in [1.807, 2.05) is 42.3 Å². The molecule has 188 valence electrons. The van der Waals surface area contributed by atoms with Gasteiger partial charge in [0, 0.05) is 38.7 Å². The first-order valence-corrected chi connectivity index (χ1v) is 12.3. The first kappa shape index (κ1) is 24.1. The fourth-order valence-electron chi connectivity index (χ4n) is 4.90. The number of carbonyl (C=O) groups excluding carboxylic acids is 1. The van der Waals surface area contributed by atoms with Gasteiger partial charge in [-0.3, -0.25) is 4.79 Å². The SMILES string of the molecule is COCC1CCN(c2ccc(NC(=O)c3cccc4c3OCCN4c3ccc(C)cn3)cc2F)CC1. The number of methoxy groups -OCH3 is 1.